The van der Waals surface area contributed by atoms with Gasteiger partial charge in [-0.1, -0.05) is 23.7 Å². The minimum absolute atomic E-state index is 0.0247. The normalized spacial score (nSPS) is 19.5. The van der Waals surface area contributed by atoms with Gasteiger partial charge in [-0.05, 0) is 79.8 Å². The second-order valence-corrected chi connectivity index (χ2v) is 12.7. The molecule has 3 aromatic rings. The van der Waals surface area contributed by atoms with Crippen LogP contribution in [0.2, 0.25) is 5.02 Å². The molecule has 2 aromatic carbocycles. The lowest BCUT2D eigenvalue weighted by molar-refractivity contribution is -0.137. The second kappa shape index (κ2) is 10.6. The lowest BCUT2D eigenvalue weighted by Crippen LogP contribution is -2.48. The average molecular weight is 572 g/mol. The van der Waals surface area contributed by atoms with Crippen LogP contribution in [0.5, 0.6) is 5.75 Å². The zero-order chi connectivity index (χ0) is 27.9. The number of carbonyl (C=O) groups excluding carboxylic acids is 1. The summed E-state index contributed by atoms with van der Waals surface area (Å²) >= 11 is 6.01. The van der Waals surface area contributed by atoms with Crippen molar-refractivity contribution < 1.29 is 23.1 Å². The van der Waals surface area contributed by atoms with Gasteiger partial charge in [0.05, 0.1) is 23.6 Å². The number of rotatable bonds is 6. The number of carbonyl (C=O) groups is 1. The van der Waals surface area contributed by atoms with Crippen LogP contribution in [-0.4, -0.2) is 59.9 Å². The number of methoxy groups -OCH3 is 1. The fourth-order valence-electron chi connectivity index (χ4n) is 5.96. The number of piperidine rings is 1. The zero-order valence-electron chi connectivity index (χ0n) is 22.4. The maximum atomic E-state index is 14.1. The molecule has 8 nitrogen and oxygen atoms in total. The third-order valence-corrected chi connectivity index (χ3v) is 10.5. The van der Waals surface area contributed by atoms with E-state index in [1.54, 1.807) is 50.1 Å². The van der Waals surface area contributed by atoms with Crippen molar-refractivity contribution in [1.82, 2.24) is 13.8 Å². The topological polar surface area (TPSA) is 92.1 Å². The van der Waals surface area contributed by atoms with Crippen LogP contribution in [0, 0.1) is 13.8 Å². The Balaban J connectivity index is 1.38. The fraction of sp³-hybridized carbons (Fsp3) is 0.414. The summed E-state index contributed by atoms with van der Waals surface area (Å²) in [5, 5.41) is 11.8. The number of likely N-dealkylation sites (tertiary alicyclic amines) is 1. The smallest absolute Gasteiger partial charge is 0.244 e. The highest BCUT2D eigenvalue weighted by Gasteiger charge is 2.41. The van der Waals surface area contributed by atoms with Gasteiger partial charge in [0.25, 0.3) is 0 Å². The molecule has 5 rings (SSSR count). The maximum absolute atomic E-state index is 14.1. The first-order chi connectivity index (χ1) is 18.5. The molecule has 1 amide bonds. The largest absolute Gasteiger partial charge is 0.497 e. The highest BCUT2D eigenvalue weighted by Crippen LogP contribution is 2.38. The molecule has 1 aromatic heterocycles. The van der Waals surface area contributed by atoms with Crippen LogP contribution in [0.1, 0.15) is 47.7 Å². The molecule has 2 aliphatic rings. The number of hydrogen-bond donors (Lipinski definition) is 1. The minimum Gasteiger partial charge on any atom is -0.497 e. The van der Waals surface area contributed by atoms with E-state index in [9.17, 15) is 18.3 Å². The van der Waals surface area contributed by atoms with Gasteiger partial charge in [0.2, 0.25) is 15.9 Å². The summed E-state index contributed by atoms with van der Waals surface area (Å²) in [5.74, 6) is 0.475. The molecule has 0 aliphatic carbocycles. The van der Waals surface area contributed by atoms with E-state index in [1.165, 1.54) is 4.31 Å². The molecule has 0 bridgehead atoms. The molecular formula is C29H34ClN3O5S. The summed E-state index contributed by atoms with van der Waals surface area (Å²) in [7, 11) is -2.35. The van der Waals surface area contributed by atoms with Gasteiger partial charge in [-0.2, -0.15) is 4.31 Å². The van der Waals surface area contributed by atoms with E-state index < -0.39 is 21.7 Å². The third kappa shape index (κ3) is 5.20. The first kappa shape index (κ1) is 27.7. The van der Waals surface area contributed by atoms with E-state index in [2.05, 4.69) is 0 Å². The van der Waals surface area contributed by atoms with Crippen molar-refractivity contribution in [3.8, 4) is 5.75 Å². The molecular weight excluding hydrogens is 538 g/mol. The molecule has 10 heteroatoms. The Morgan fingerprint density at radius 1 is 1.05 bits per heavy atom. The van der Waals surface area contributed by atoms with Crippen molar-refractivity contribution in [2.75, 3.05) is 26.7 Å². The van der Waals surface area contributed by atoms with Crippen LogP contribution >= 0.6 is 11.6 Å². The molecule has 1 N–H and O–H groups in total. The summed E-state index contributed by atoms with van der Waals surface area (Å²) in [5.41, 5.74) is 1.77. The quantitative estimate of drug-likeness (QED) is 0.473. The molecule has 1 saturated heterocycles. The van der Waals surface area contributed by atoms with Crippen LogP contribution < -0.4 is 4.74 Å². The number of aliphatic hydroxyl groups is 1. The van der Waals surface area contributed by atoms with Crippen molar-refractivity contribution in [1.29, 1.82) is 0 Å². The Hall–Kier alpha value is -2.85. The average Bonchev–Trinajstić information content (AvgIpc) is 3.38. The number of hydrogen-bond acceptors (Lipinski definition) is 5. The van der Waals surface area contributed by atoms with Gasteiger partial charge in [-0.3, -0.25) is 4.79 Å². The van der Waals surface area contributed by atoms with Crippen molar-refractivity contribution in [2.24, 2.45) is 0 Å². The third-order valence-electron chi connectivity index (χ3n) is 8.04. The second-order valence-electron chi connectivity index (χ2n) is 10.5. The number of aryl methyl sites for hydroxylation is 2. The van der Waals surface area contributed by atoms with Gasteiger partial charge >= 0.3 is 0 Å². The number of halogens is 1. The Labute approximate surface area is 234 Å². The summed E-state index contributed by atoms with van der Waals surface area (Å²) in [6.45, 7) is 5.08. The molecule has 39 heavy (non-hydrogen) atoms. The van der Waals surface area contributed by atoms with Gasteiger partial charge in [-0.25, -0.2) is 8.42 Å². The molecule has 2 aliphatic heterocycles. The van der Waals surface area contributed by atoms with Crippen LogP contribution in [0.3, 0.4) is 0 Å². The summed E-state index contributed by atoms with van der Waals surface area (Å²) in [4.78, 5) is 15.6. The van der Waals surface area contributed by atoms with Crippen molar-refractivity contribution in [2.45, 2.75) is 56.2 Å². The zero-order valence-corrected chi connectivity index (χ0v) is 24.0. The molecule has 1 unspecified atom stereocenters. The number of fused-ring (bicyclic) bond motifs is 1. The number of benzene rings is 2. The highest BCUT2D eigenvalue weighted by atomic mass is 35.5. The first-order valence-electron chi connectivity index (χ1n) is 13.1. The monoisotopic (exact) mass is 571 g/mol. The fourth-order valence-corrected chi connectivity index (χ4v) is 8.09. The minimum atomic E-state index is -3.91. The Bertz CT molecular complexity index is 1450. The van der Waals surface area contributed by atoms with E-state index in [1.807, 2.05) is 35.0 Å². The van der Waals surface area contributed by atoms with Gasteiger partial charge in [0.1, 0.15) is 5.75 Å². The number of aromatic nitrogens is 1. The summed E-state index contributed by atoms with van der Waals surface area (Å²) in [6, 6.07) is 13.7. The SMILES string of the molecule is COc1cc(C)c(S(=O)(=O)N2CCn3cccc3C2CC(=O)N2CCC(O)(c3ccc(Cl)cc3)CC2)c(C)c1. The lowest BCUT2D eigenvalue weighted by Gasteiger charge is -2.40. The maximum Gasteiger partial charge on any atom is 0.244 e. The molecule has 0 saturated carbocycles. The lowest BCUT2D eigenvalue weighted by atomic mass is 9.84. The van der Waals surface area contributed by atoms with E-state index in [4.69, 9.17) is 16.3 Å². The number of amides is 1. The van der Waals surface area contributed by atoms with Crippen molar-refractivity contribution >= 4 is 27.5 Å². The molecule has 0 spiro atoms. The predicted octanol–water partition coefficient (Wildman–Crippen LogP) is 4.41. The first-order valence-corrected chi connectivity index (χ1v) is 14.9. The van der Waals surface area contributed by atoms with Crippen LogP contribution in [-0.2, 0) is 27.0 Å². The number of nitrogens with zero attached hydrogens (tertiary/aromatic N) is 3. The van der Waals surface area contributed by atoms with Crippen molar-refractivity contribution in [3.63, 3.8) is 0 Å². The van der Waals surface area contributed by atoms with Crippen molar-refractivity contribution in [3.05, 3.63) is 82.1 Å². The Morgan fingerprint density at radius 2 is 1.69 bits per heavy atom. The summed E-state index contributed by atoms with van der Waals surface area (Å²) < 4.78 is 37.0. The highest BCUT2D eigenvalue weighted by molar-refractivity contribution is 7.89. The van der Waals surface area contributed by atoms with E-state index >= 15 is 0 Å². The Morgan fingerprint density at radius 3 is 2.31 bits per heavy atom. The van der Waals surface area contributed by atoms with E-state index in [0.29, 0.717) is 54.4 Å². The van der Waals surface area contributed by atoms with Gasteiger partial charge in [0, 0.05) is 49.5 Å². The van der Waals surface area contributed by atoms with Crippen LogP contribution in [0.4, 0.5) is 0 Å². The van der Waals surface area contributed by atoms with E-state index in [-0.39, 0.29) is 23.8 Å². The molecule has 3 heterocycles. The Kier molecular flexibility index (Phi) is 7.54. The van der Waals surface area contributed by atoms with Crippen LogP contribution in [0.25, 0.3) is 0 Å². The van der Waals surface area contributed by atoms with Crippen LogP contribution in [0.15, 0.2) is 59.6 Å². The molecule has 208 valence electrons. The summed E-state index contributed by atoms with van der Waals surface area (Å²) in [6.07, 6.45) is 2.74. The molecule has 1 atom stereocenters. The van der Waals surface area contributed by atoms with Gasteiger partial charge in [-0.15, -0.1) is 0 Å². The van der Waals surface area contributed by atoms with Gasteiger partial charge in [0.15, 0.2) is 0 Å². The molecule has 0 radical (unpaired) electrons. The number of sulfonamides is 1. The standard InChI is InChI=1S/C29H34ClN3O5S/c1-20-17-24(38-3)18-21(2)28(20)39(36,37)33-16-15-31-12-4-5-25(31)26(33)19-27(34)32-13-10-29(35,11-14-32)22-6-8-23(30)9-7-22/h4-9,12,17-18,26,35H,10-11,13-16,19H2,1-3H3. The van der Waals surface area contributed by atoms with E-state index in [0.717, 1.165) is 11.3 Å². The number of ether oxygens (including phenoxy) is 1. The van der Waals surface area contributed by atoms with Gasteiger partial charge < -0.3 is 19.3 Å². The predicted molar refractivity (Wildman–Crippen MR) is 149 cm³/mol. The molecule has 1 fully saturated rings.